The zero-order valence-electron chi connectivity index (χ0n) is 9.88. The molecule has 0 aromatic rings. The van der Waals surface area contributed by atoms with Gasteiger partial charge in [-0.25, -0.2) is 0 Å². The second-order valence-corrected chi connectivity index (χ2v) is 5.16. The molecule has 1 heterocycles. The van der Waals surface area contributed by atoms with Gasteiger partial charge in [0.15, 0.2) is 0 Å². The molecule has 0 bridgehead atoms. The van der Waals surface area contributed by atoms with Gasteiger partial charge in [0.25, 0.3) is 0 Å². The Hall–Kier alpha value is -0.0400. The Labute approximate surface area is 83.5 Å². The van der Waals surface area contributed by atoms with Gasteiger partial charge in [0, 0.05) is 12.6 Å². The minimum absolute atomic E-state index is 0.838. The Balaban J connectivity index is 2.53. The van der Waals surface area contributed by atoms with E-state index in [1.165, 1.54) is 19.4 Å². The molecule has 0 amide bonds. The molecule has 1 fully saturated rings. The van der Waals surface area contributed by atoms with E-state index < -0.39 is 0 Å². The standard InChI is InChI=1S/C12H25N/c1-6-11-8-13(5)12(10(11)4)7-9(2)3/h9-12H,6-8H2,1-5H3. The molecule has 78 valence electrons. The van der Waals surface area contributed by atoms with E-state index in [1.54, 1.807) is 0 Å². The first-order valence-corrected chi connectivity index (χ1v) is 5.76. The lowest BCUT2D eigenvalue weighted by Gasteiger charge is -2.25. The van der Waals surface area contributed by atoms with Crippen molar-refractivity contribution in [3.8, 4) is 0 Å². The Morgan fingerprint density at radius 1 is 1.38 bits per heavy atom. The zero-order valence-corrected chi connectivity index (χ0v) is 9.88. The second kappa shape index (κ2) is 4.45. The molecule has 1 saturated heterocycles. The summed E-state index contributed by atoms with van der Waals surface area (Å²) in [6, 6.07) is 0.838. The van der Waals surface area contributed by atoms with Gasteiger partial charge in [0.2, 0.25) is 0 Å². The number of nitrogens with zero attached hydrogens (tertiary/aromatic N) is 1. The third-order valence-corrected chi connectivity index (χ3v) is 3.68. The highest BCUT2D eigenvalue weighted by molar-refractivity contribution is 4.88. The van der Waals surface area contributed by atoms with Crippen LogP contribution in [0.2, 0.25) is 0 Å². The van der Waals surface area contributed by atoms with Crippen molar-refractivity contribution in [2.24, 2.45) is 17.8 Å². The fourth-order valence-corrected chi connectivity index (χ4v) is 2.77. The predicted octanol–water partition coefficient (Wildman–Crippen LogP) is 3.01. The molecule has 0 aliphatic carbocycles. The molecule has 1 heteroatoms. The van der Waals surface area contributed by atoms with Crippen LogP contribution in [0.3, 0.4) is 0 Å². The van der Waals surface area contributed by atoms with Gasteiger partial charge in [-0.3, -0.25) is 0 Å². The van der Waals surface area contributed by atoms with E-state index in [1.807, 2.05) is 0 Å². The second-order valence-electron chi connectivity index (χ2n) is 5.16. The average molecular weight is 183 g/mol. The van der Waals surface area contributed by atoms with Crippen LogP contribution >= 0.6 is 0 Å². The summed E-state index contributed by atoms with van der Waals surface area (Å²) in [7, 11) is 2.29. The van der Waals surface area contributed by atoms with Crippen molar-refractivity contribution in [1.29, 1.82) is 0 Å². The summed E-state index contributed by atoms with van der Waals surface area (Å²) >= 11 is 0. The van der Waals surface area contributed by atoms with Gasteiger partial charge in [-0.15, -0.1) is 0 Å². The van der Waals surface area contributed by atoms with Crippen LogP contribution < -0.4 is 0 Å². The molecule has 0 saturated carbocycles. The van der Waals surface area contributed by atoms with Crippen LogP contribution in [0.15, 0.2) is 0 Å². The van der Waals surface area contributed by atoms with Crippen LogP contribution in [-0.2, 0) is 0 Å². The lowest BCUT2D eigenvalue weighted by atomic mass is 9.87. The van der Waals surface area contributed by atoms with Crippen molar-refractivity contribution < 1.29 is 0 Å². The fourth-order valence-electron chi connectivity index (χ4n) is 2.77. The summed E-state index contributed by atoms with van der Waals surface area (Å²) in [6.07, 6.45) is 2.72. The molecular formula is C12H25N. The van der Waals surface area contributed by atoms with Gasteiger partial charge >= 0.3 is 0 Å². The third-order valence-electron chi connectivity index (χ3n) is 3.68. The molecule has 0 spiro atoms. The van der Waals surface area contributed by atoms with Gasteiger partial charge in [0.05, 0.1) is 0 Å². The summed E-state index contributed by atoms with van der Waals surface area (Å²) in [6.45, 7) is 10.7. The zero-order chi connectivity index (χ0) is 10.0. The molecule has 1 aliphatic rings. The predicted molar refractivity (Wildman–Crippen MR) is 58.8 cm³/mol. The van der Waals surface area contributed by atoms with E-state index in [0.29, 0.717) is 0 Å². The quantitative estimate of drug-likeness (QED) is 0.650. The highest BCUT2D eigenvalue weighted by Gasteiger charge is 2.35. The minimum Gasteiger partial charge on any atom is -0.303 e. The van der Waals surface area contributed by atoms with Crippen molar-refractivity contribution in [1.82, 2.24) is 4.90 Å². The first kappa shape index (κ1) is 11.0. The number of hydrogen-bond acceptors (Lipinski definition) is 1. The molecule has 1 nitrogen and oxygen atoms in total. The summed E-state index contributed by atoms with van der Waals surface area (Å²) in [5.74, 6) is 2.68. The smallest absolute Gasteiger partial charge is 0.0123 e. The molecule has 13 heavy (non-hydrogen) atoms. The van der Waals surface area contributed by atoms with Gasteiger partial charge in [-0.05, 0) is 31.2 Å². The summed E-state index contributed by atoms with van der Waals surface area (Å²) in [4.78, 5) is 2.57. The van der Waals surface area contributed by atoms with Gasteiger partial charge in [-0.2, -0.15) is 0 Å². The van der Waals surface area contributed by atoms with Gasteiger partial charge in [-0.1, -0.05) is 34.1 Å². The van der Waals surface area contributed by atoms with Crippen LogP contribution in [0.1, 0.15) is 40.5 Å². The maximum atomic E-state index is 2.57. The van der Waals surface area contributed by atoms with E-state index in [4.69, 9.17) is 0 Å². The highest BCUT2D eigenvalue weighted by Crippen LogP contribution is 2.33. The summed E-state index contributed by atoms with van der Waals surface area (Å²) < 4.78 is 0. The van der Waals surface area contributed by atoms with Crippen LogP contribution in [-0.4, -0.2) is 24.5 Å². The molecule has 0 N–H and O–H groups in total. The van der Waals surface area contributed by atoms with Gasteiger partial charge < -0.3 is 4.90 Å². The summed E-state index contributed by atoms with van der Waals surface area (Å²) in [5.41, 5.74) is 0. The van der Waals surface area contributed by atoms with Crippen molar-refractivity contribution in [3.05, 3.63) is 0 Å². The van der Waals surface area contributed by atoms with Crippen LogP contribution in [0.25, 0.3) is 0 Å². The van der Waals surface area contributed by atoms with E-state index in [0.717, 1.165) is 23.8 Å². The van der Waals surface area contributed by atoms with Crippen LogP contribution in [0.5, 0.6) is 0 Å². The first-order valence-electron chi connectivity index (χ1n) is 5.76. The number of likely N-dealkylation sites (tertiary alicyclic amines) is 1. The monoisotopic (exact) mass is 183 g/mol. The third kappa shape index (κ3) is 2.46. The molecule has 0 aromatic carbocycles. The van der Waals surface area contributed by atoms with Crippen molar-refractivity contribution in [3.63, 3.8) is 0 Å². The summed E-state index contributed by atoms with van der Waals surface area (Å²) in [5, 5.41) is 0. The van der Waals surface area contributed by atoms with E-state index in [9.17, 15) is 0 Å². The van der Waals surface area contributed by atoms with Crippen molar-refractivity contribution in [2.45, 2.75) is 46.6 Å². The molecule has 1 aliphatic heterocycles. The largest absolute Gasteiger partial charge is 0.303 e. The topological polar surface area (TPSA) is 3.24 Å². The Morgan fingerprint density at radius 3 is 2.38 bits per heavy atom. The average Bonchev–Trinajstić information content (AvgIpc) is 2.31. The Bertz CT molecular complexity index is 153. The maximum absolute atomic E-state index is 2.57. The lowest BCUT2D eigenvalue weighted by Crippen LogP contribution is -2.29. The molecule has 0 radical (unpaired) electrons. The van der Waals surface area contributed by atoms with E-state index >= 15 is 0 Å². The first-order chi connectivity index (χ1) is 6.06. The van der Waals surface area contributed by atoms with Gasteiger partial charge in [0.1, 0.15) is 0 Å². The highest BCUT2D eigenvalue weighted by atomic mass is 15.2. The van der Waals surface area contributed by atoms with E-state index in [2.05, 4.69) is 39.6 Å². The normalized spacial score (nSPS) is 36.0. The number of hydrogen-bond donors (Lipinski definition) is 0. The van der Waals surface area contributed by atoms with Crippen LogP contribution in [0.4, 0.5) is 0 Å². The maximum Gasteiger partial charge on any atom is 0.0123 e. The van der Waals surface area contributed by atoms with Crippen molar-refractivity contribution in [2.75, 3.05) is 13.6 Å². The Kier molecular flexibility index (Phi) is 3.78. The van der Waals surface area contributed by atoms with E-state index in [-0.39, 0.29) is 0 Å². The number of rotatable bonds is 3. The minimum atomic E-state index is 0.838. The SMILES string of the molecule is CCC1CN(C)C(CC(C)C)C1C. The Morgan fingerprint density at radius 2 is 2.00 bits per heavy atom. The lowest BCUT2D eigenvalue weighted by molar-refractivity contribution is 0.240. The van der Waals surface area contributed by atoms with Crippen LogP contribution in [0, 0.1) is 17.8 Å². The molecule has 0 aromatic heterocycles. The fraction of sp³-hybridized carbons (Fsp3) is 1.00. The molecule has 3 atom stereocenters. The molecular weight excluding hydrogens is 158 g/mol. The van der Waals surface area contributed by atoms with Crippen molar-refractivity contribution >= 4 is 0 Å². The molecule has 1 rings (SSSR count). The molecule has 3 unspecified atom stereocenters.